The standard InChI is InChI=1S/C14H17NO4/c16-12(17)9-5-2-6-10-15-14(19)13(18)11-7-3-1-4-8-11/h1,3-4,7-8H,2,5-6,9-10H2,(H,15,19)(H,16,17). The summed E-state index contributed by atoms with van der Waals surface area (Å²) in [5.41, 5.74) is 0.367. The predicted molar refractivity (Wildman–Crippen MR) is 69.9 cm³/mol. The molecule has 0 saturated carbocycles. The Hall–Kier alpha value is -2.17. The molecule has 1 aromatic carbocycles. The molecule has 0 unspecified atom stereocenters. The van der Waals surface area contributed by atoms with Crippen molar-refractivity contribution in [2.45, 2.75) is 25.7 Å². The first-order valence-electron chi connectivity index (χ1n) is 6.20. The molecule has 1 aromatic rings. The molecule has 0 aromatic heterocycles. The van der Waals surface area contributed by atoms with Crippen LogP contribution in [0.5, 0.6) is 0 Å². The van der Waals surface area contributed by atoms with Gasteiger partial charge in [0, 0.05) is 18.5 Å². The van der Waals surface area contributed by atoms with E-state index in [9.17, 15) is 14.4 Å². The maximum absolute atomic E-state index is 11.7. The largest absolute Gasteiger partial charge is 0.481 e. The van der Waals surface area contributed by atoms with Gasteiger partial charge in [0.15, 0.2) is 0 Å². The zero-order valence-corrected chi connectivity index (χ0v) is 10.6. The zero-order chi connectivity index (χ0) is 14.1. The Labute approximate surface area is 111 Å². The lowest BCUT2D eigenvalue weighted by Gasteiger charge is -2.04. The van der Waals surface area contributed by atoms with Crippen molar-refractivity contribution in [1.29, 1.82) is 0 Å². The molecule has 0 fully saturated rings. The number of rotatable bonds is 8. The van der Waals surface area contributed by atoms with Gasteiger partial charge >= 0.3 is 5.97 Å². The van der Waals surface area contributed by atoms with Gasteiger partial charge in [-0.1, -0.05) is 36.8 Å². The highest BCUT2D eigenvalue weighted by Gasteiger charge is 2.14. The number of hydrogen-bond donors (Lipinski definition) is 2. The molecule has 0 aliphatic carbocycles. The molecule has 19 heavy (non-hydrogen) atoms. The van der Waals surface area contributed by atoms with Gasteiger partial charge in [0.05, 0.1) is 0 Å². The lowest BCUT2D eigenvalue weighted by molar-refractivity contribution is -0.137. The van der Waals surface area contributed by atoms with Crippen LogP contribution in [0, 0.1) is 0 Å². The highest BCUT2D eigenvalue weighted by molar-refractivity contribution is 6.42. The van der Waals surface area contributed by atoms with Gasteiger partial charge in [-0.25, -0.2) is 0 Å². The summed E-state index contributed by atoms with van der Waals surface area (Å²) in [5, 5.41) is 11.0. The van der Waals surface area contributed by atoms with E-state index in [0.717, 1.165) is 0 Å². The zero-order valence-electron chi connectivity index (χ0n) is 10.6. The minimum atomic E-state index is -0.816. The third-order valence-corrected chi connectivity index (χ3v) is 2.60. The number of carboxylic acid groups (broad SMARTS) is 1. The molecular formula is C14H17NO4. The van der Waals surface area contributed by atoms with E-state index < -0.39 is 17.7 Å². The molecule has 5 nitrogen and oxygen atoms in total. The molecule has 0 spiro atoms. The minimum absolute atomic E-state index is 0.136. The van der Waals surface area contributed by atoms with E-state index in [1.54, 1.807) is 30.3 Å². The number of amides is 1. The van der Waals surface area contributed by atoms with Gasteiger partial charge in [-0.05, 0) is 12.8 Å². The maximum atomic E-state index is 11.7. The van der Waals surface area contributed by atoms with Gasteiger partial charge in [0.25, 0.3) is 5.91 Å². The maximum Gasteiger partial charge on any atom is 0.303 e. The number of ketones is 1. The summed E-state index contributed by atoms with van der Waals surface area (Å²) < 4.78 is 0. The topological polar surface area (TPSA) is 83.5 Å². The number of hydrogen-bond acceptors (Lipinski definition) is 3. The van der Waals surface area contributed by atoms with Crippen molar-refractivity contribution in [1.82, 2.24) is 5.32 Å². The third-order valence-electron chi connectivity index (χ3n) is 2.60. The van der Waals surface area contributed by atoms with E-state index in [1.807, 2.05) is 0 Å². The van der Waals surface area contributed by atoms with Gasteiger partial charge in [-0.15, -0.1) is 0 Å². The van der Waals surface area contributed by atoms with Crippen molar-refractivity contribution >= 4 is 17.7 Å². The molecule has 5 heteroatoms. The normalized spacial score (nSPS) is 9.89. The van der Waals surface area contributed by atoms with Crippen molar-refractivity contribution < 1.29 is 19.5 Å². The van der Waals surface area contributed by atoms with Crippen molar-refractivity contribution in [3.8, 4) is 0 Å². The van der Waals surface area contributed by atoms with Crippen molar-refractivity contribution in [2.24, 2.45) is 0 Å². The second-order valence-corrected chi connectivity index (χ2v) is 4.16. The fourth-order valence-electron chi connectivity index (χ4n) is 1.58. The third kappa shape index (κ3) is 5.81. The van der Waals surface area contributed by atoms with E-state index in [4.69, 9.17) is 5.11 Å². The van der Waals surface area contributed by atoms with Crippen molar-refractivity contribution in [2.75, 3.05) is 6.54 Å². The number of benzene rings is 1. The smallest absolute Gasteiger partial charge is 0.303 e. The van der Waals surface area contributed by atoms with E-state index in [2.05, 4.69) is 5.32 Å². The molecule has 0 bridgehead atoms. The quantitative estimate of drug-likeness (QED) is 0.424. The molecule has 0 radical (unpaired) electrons. The Balaban J connectivity index is 2.21. The van der Waals surface area contributed by atoms with Gasteiger partial charge in [0.1, 0.15) is 0 Å². The molecule has 0 saturated heterocycles. The number of carbonyl (C=O) groups is 3. The van der Waals surface area contributed by atoms with Gasteiger partial charge < -0.3 is 10.4 Å². The van der Waals surface area contributed by atoms with E-state index in [0.29, 0.717) is 31.4 Å². The summed E-state index contributed by atoms with van der Waals surface area (Å²) in [6, 6.07) is 8.36. The van der Waals surface area contributed by atoms with Crippen LogP contribution in [0.4, 0.5) is 0 Å². The number of Topliss-reactive ketones (excluding diaryl/α,β-unsaturated/α-hetero) is 1. The van der Waals surface area contributed by atoms with Crippen LogP contribution in [0.3, 0.4) is 0 Å². The molecule has 1 amide bonds. The van der Waals surface area contributed by atoms with Crippen LogP contribution in [0.25, 0.3) is 0 Å². The Bertz CT molecular complexity index is 442. The van der Waals surface area contributed by atoms with Crippen molar-refractivity contribution in [3.63, 3.8) is 0 Å². The molecule has 0 aliphatic heterocycles. The van der Waals surface area contributed by atoms with Gasteiger partial charge in [-0.3, -0.25) is 14.4 Å². The molecule has 2 N–H and O–H groups in total. The molecule has 0 heterocycles. The first kappa shape index (κ1) is 14.9. The lowest BCUT2D eigenvalue weighted by atomic mass is 10.1. The van der Waals surface area contributed by atoms with Crippen LogP contribution >= 0.6 is 0 Å². The molecule has 102 valence electrons. The molecule has 1 rings (SSSR count). The average Bonchev–Trinajstić information content (AvgIpc) is 2.42. The lowest BCUT2D eigenvalue weighted by Crippen LogP contribution is -2.31. The van der Waals surface area contributed by atoms with Crippen LogP contribution < -0.4 is 5.32 Å². The average molecular weight is 263 g/mol. The SMILES string of the molecule is O=C(O)CCCCCNC(=O)C(=O)c1ccccc1. The summed E-state index contributed by atoms with van der Waals surface area (Å²) in [7, 11) is 0. The van der Waals surface area contributed by atoms with Crippen LogP contribution in [-0.2, 0) is 9.59 Å². The number of unbranched alkanes of at least 4 members (excludes halogenated alkanes) is 2. The summed E-state index contributed by atoms with van der Waals surface area (Å²) in [5.74, 6) is -1.99. The van der Waals surface area contributed by atoms with E-state index in [-0.39, 0.29) is 6.42 Å². The van der Waals surface area contributed by atoms with Crippen LogP contribution in [0.1, 0.15) is 36.0 Å². The van der Waals surface area contributed by atoms with Crippen LogP contribution in [0.2, 0.25) is 0 Å². The second kappa shape index (κ2) is 8.02. The Kier molecular flexibility index (Phi) is 6.29. The summed E-state index contributed by atoms with van der Waals surface area (Å²) in [6.45, 7) is 0.386. The molecule has 0 atom stereocenters. The minimum Gasteiger partial charge on any atom is -0.481 e. The highest BCUT2D eigenvalue weighted by Crippen LogP contribution is 2.01. The first-order valence-corrected chi connectivity index (χ1v) is 6.20. The number of carbonyl (C=O) groups excluding carboxylic acids is 2. The monoisotopic (exact) mass is 263 g/mol. The highest BCUT2D eigenvalue weighted by atomic mass is 16.4. The summed E-state index contributed by atoms with van der Waals surface area (Å²) >= 11 is 0. The van der Waals surface area contributed by atoms with E-state index in [1.165, 1.54) is 0 Å². The van der Waals surface area contributed by atoms with Crippen molar-refractivity contribution in [3.05, 3.63) is 35.9 Å². The van der Waals surface area contributed by atoms with Crippen LogP contribution in [0.15, 0.2) is 30.3 Å². The predicted octanol–water partition coefficient (Wildman–Crippen LogP) is 1.63. The molecular weight excluding hydrogens is 246 g/mol. The van der Waals surface area contributed by atoms with Crippen LogP contribution in [-0.4, -0.2) is 29.3 Å². The Morgan fingerprint density at radius 2 is 1.68 bits per heavy atom. The number of carboxylic acids is 1. The summed E-state index contributed by atoms with van der Waals surface area (Å²) in [6.07, 6.45) is 2.10. The Morgan fingerprint density at radius 3 is 2.32 bits per heavy atom. The van der Waals surface area contributed by atoms with Gasteiger partial charge in [-0.2, -0.15) is 0 Å². The number of aliphatic carboxylic acids is 1. The fourth-order valence-corrected chi connectivity index (χ4v) is 1.58. The van der Waals surface area contributed by atoms with E-state index >= 15 is 0 Å². The van der Waals surface area contributed by atoms with Gasteiger partial charge in [0.2, 0.25) is 5.78 Å². The Morgan fingerprint density at radius 1 is 1.00 bits per heavy atom. The fraction of sp³-hybridized carbons (Fsp3) is 0.357. The molecule has 0 aliphatic rings. The first-order chi connectivity index (χ1) is 9.11. The summed E-state index contributed by atoms with van der Waals surface area (Å²) in [4.78, 5) is 33.5. The number of nitrogens with one attached hydrogen (secondary N) is 1. The second-order valence-electron chi connectivity index (χ2n) is 4.16.